The van der Waals surface area contributed by atoms with E-state index < -0.39 is 6.10 Å². The monoisotopic (exact) mass is 469 g/mol. The molecule has 0 aliphatic carbocycles. The minimum Gasteiger partial charge on any atom is -0.465 e. The molecule has 1 aliphatic heterocycles. The predicted molar refractivity (Wildman–Crippen MR) is 132 cm³/mol. The molecule has 1 aromatic carbocycles. The van der Waals surface area contributed by atoms with Crippen LogP contribution in [0.15, 0.2) is 54.6 Å². The van der Waals surface area contributed by atoms with E-state index >= 15 is 0 Å². The number of benzene rings is 1. The maximum atomic E-state index is 12.4. The lowest BCUT2D eigenvalue weighted by atomic mass is 9.95. The second-order valence-corrected chi connectivity index (χ2v) is 9.95. The summed E-state index contributed by atoms with van der Waals surface area (Å²) in [5, 5.41) is 10.6. The Morgan fingerprint density at radius 3 is 2.76 bits per heavy atom. The van der Waals surface area contributed by atoms with Crippen LogP contribution < -0.4 is 0 Å². The van der Waals surface area contributed by atoms with Crippen LogP contribution in [-0.4, -0.2) is 47.7 Å². The molecule has 1 N–H and O–H groups in total. The minimum absolute atomic E-state index is 0.0534. The van der Waals surface area contributed by atoms with E-state index in [9.17, 15) is 14.7 Å². The van der Waals surface area contributed by atoms with Gasteiger partial charge >= 0.3 is 5.97 Å². The Bertz CT molecular complexity index is 923. The van der Waals surface area contributed by atoms with E-state index in [0.717, 1.165) is 43.4 Å². The molecular formula is C27H35NO4S. The number of likely N-dealkylation sites (tertiary alicyclic amines) is 1. The summed E-state index contributed by atoms with van der Waals surface area (Å²) < 4.78 is 4.76. The Morgan fingerprint density at radius 1 is 1.21 bits per heavy atom. The number of amides is 1. The number of hydrogen-bond acceptors (Lipinski definition) is 5. The lowest BCUT2D eigenvalue weighted by molar-refractivity contribution is -0.128. The number of carbonyl (C=O) groups is 2. The molecule has 1 saturated heterocycles. The van der Waals surface area contributed by atoms with Crippen LogP contribution in [0.3, 0.4) is 0 Å². The average molecular weight is 470 g/mol. The molecule has 3 atom stereocenters. The van der Waals surface area contributed by atoms with Crippen molar-refractivity contribution in [3.05, 3.63) is 69.9 Å². The molecule has 0 bridgehead atoms. The van der Waals surface area contributed by atoms with Crippen LogP contribution in [0.1, 0.15) is 59.1 Å². The third kappa shape index (κ3) is 7.54. The molecule has 1 unspecified atom stereocenters. The van der Waals surface area contributed by atoms with Gasteiger partial charge in [-0.1, -0.05) is 49.4 Å². The number of aryl methyl sites for hydroxylation is 2. The van der Waals surface area contributed by atoms with E-state index in [4.69, 9.17) is 4.74 Å². The third-order valence-corrected chi connectivity index (χ3v) is 7.45. The van der Waals surface area contributed by atoms with Crippen molar-refractivity contribution in [1.29, 1.82) is 0 Å². The van der Waals surface area contributed by atoms with Gasteiger partial charge in [-0.05, 0) is 62.1 Å². The molecule has 33 heavy (non-hydrogen) atoms. The van der Waals surface area contributed by atoms with Gasteiger partial charge in [-0.2, -0.15) is 0 Å². The summed E-state index contributed by atoms with van der Waals surface area (Å²) in [5.74, 6) is 0.0499. The van der Waals surface area contributed by atoms with Gasteiger partial charge in [-0.15, -0.1) is 11.3 Å². The molecule has 0 saturated carbocycles. The first-order valence-corrected chi connectivity index (χ1v) is 12.7. The summed E-state index contributed by atoms with van der Waals surface area (Å²) in [6.45, 7) is 2.77. The van der Waals surface area contributed by atoms with E-state index in [0.29, 0.717) is 17.8 Å². The minimum atomic E-state index is -0.499. The van der Waals surface area contributed by atoms with E-state index in [2.05, 4.69) is 31.2 Å². The molecule has 1 fully saturated rings. The van der Waals surface area contributed by atoms with Crippen LogP contribution in [0.5, 0.6) is 0 Å². The molecule has 2 aromatic rings. The topological polar surface area (TPSA) is 66.8 Å². The normalized spacial score (nSPS) is 18.1. The summed E-state index contributed by atoms with van der Waals surface area (Å²) in [5.41, 5.74) is 1.33. The molecule has 3 rings (SSSR count). The van der Waals surface area contributed by atoms with Crippen molar-refractivity contribution >= 4 is 23.2 Å². The lowest BCUT2D eigenvalue weighted by Crippen LogP contribution is -2.33. The van der Waals surface area contributed by atoms with E-state index in [1.54, 1.807) is 6.07 Å². The Balaban J connectivity index is 1.43. The predicted octanol–water partition coefficient (Wildman–Crippen LogP) is 5.03. The average Bonchev–Trinajstić information content (AvgIpc) is 3.44. The number of aliphatic hydroxyl groups excluding tert-OH is 1. The van der Waals surface area contributed by atoms with Gasteiger partial charge in [-0.25, -0.2) is 4.79 Å². The van der Waals surface area contributed by atoms with E-state index in [1.807, 2.05) is 29.2 Å². The van der Waals surface area contributed by atoms with Gasteiger partial charge in [0, 0.05) is 17.8 Å². The van der Waals surface area contributed by atoms with Crippen molar-refractivity contribution in [2.24, 2.45) is 5.92 Å². The van der Waals surface area contributed by atoms with Crippen LogP contribution in [0.25, 0.3) is 0 Å². The van der Waals surface area contributed by atoms with Crippen molar-refractivity contribution < 1.29 is 19.4 Å². The number of nitrogens with zero attached hydrogens (tertiary/aromatic N) is 1. The van der Waals surface area contributed by atoms with Gasteiger partial charge in [-0.3, -0.25) is 4.79 Å². The highest BCUT2D eigenvalue weighted by Crippen LogP contribution is 2.23. The second-order valence-electron chi connectivity index (χ2n) is 8.78. The molecule has 1 aromatic heterocycles. The fraction of sp³-hybridized carbons (Fsp3) is 0.481. The number of hydrogen-bond donors (Lipinski definition) is 1. The van der Waals surface area contributed by atoms with Gasteiger partial charge in [0.2, 0.25) is 5.91 Å². The van der Waals surface area contributed by atoms with Crippen LogP contribution in [0, 0.1) is 5.92 Å². The van der Waals surface area contributed by atoms with Gasteiger partial charge in [0.05, 0.1) is 19.3 Å². The standard InChI is InChI=1S/C27H35NO4S/c1-20(8-6-11-21-9-4-3-5-10-21)24(29)16-13-22-14-18-26(30)28(22)19-7-12-23-15-17-25(33-23)27(31)32-2/h3-5,9-10,13,15-17,20,22,24,29H,6-8,11-12,14,18-19H2,1-2H3/t20?,22-,24+/m0/s1. The quantitative estimate of drug-likeness (QED) is 0.350. The highest BCUT2D eigenvalue weighted by molar-refractivity contribution is 7.13. The molecule has 1 amide bonds. The highest BCUT2D eigenvalue weighted by atomic mass is 32.1. The van der Waals surface area contributed by atoms with Crippen LogP contribution >= 0.6 is 11.3 Å². The summed E-state index contributed by atoms with van der Waals surface area (Å²) in [4.78, 5) is 27.6. The first-order chi connectivity index (χ1) is 16.0. The molecule has 2 heterocycles. The molecule has 5 nitrogen and oxygen atoms in total. The Labute approximate surface area is 201 Å². The summed E-state index contributed by atoms with van der Waals surface area (Å²) in [6, 6.07) is 14.2. The number of aliphatic hydroxyl groups is 1. The third-order valence-electron chi connectivity index (χ3n) is 6.33. The first-order valence-electron chi connectivity index (χ1n) is 11.8. The Kier molecular flexibility index (Phi) is 9.70. The summed E-state index contributed by atoms with van der Waals surface area (Å²) >= 11 is 1.45. The number of esters is 1. The lowest BCUT2D eigenvalue weighted by Gasteiger charge is -2.23. The molecule has 1 aliphatic rings. The van der Waals surface area contributed by atoms with Gasteiger partial charge in [0.25, 0.3) is 0 Å². The largest absolute Gasteiger partial charge is 0.465 e. The van der Waals surface area contributed by atoms with Gasteiger partial charge < -0.3 is 14.7 Å². The highest BCUT2D eigenvalue weighted by Gasteiger charge is 2.28. The van der Waals surface area contributed by atoms with E-state index in [-0.39, 0.29) is 23.8 Å². The number of carbonyl (C=O) groups excluding carboxylic acids is 2. The van der Waals surface area contributed by atoms with Crippen molar-refractivity contribution in [2.45, 2.75) is 64.0 Å². The van der Waals surface area contributed by atoms with Gasteiger partial charge in [0.1, 0.15) is 4.88 Å². The molecule has 6 heteroatoms. The zero-order valence-corrected chi connectivity index (χ0v) is 20.4. The number of rotatable bonds is 12. The van der Waals surface area contributed by atoms with Crippen molar-refractivity contribution in [2.75, 3.05) is 13.7 Å². The smallest absolute Gasteiger partial charge is 0.348 e. The van der Waals surface area contributed by atoms with Crippen LogP contribution in [0.2, 0.25) is 0 Å². The second kappa shape index (κ2) is 12.7. The Hall–Kier alpha value is -2.44. The molecule has 178 valence electrons. The summed E-state index contributed by atoms with van der Waals surface area (Å²) in [6.07, 6.45) is 9.46. The van der Waals surface area contributed by atoms with Crippen molar-refractivity contribution in [1.82, 2.24) is 4.90 Å². The zero-order valence-electron chi connectivity index (χ0n) is 19.6. The van der Waals surface area contributed by atoms with Crippen LogP contribution in [-0.2, 0) is 22.4 Å². The SMILES string of the molecule is COC(=O)c1ccc(CCCN2C(=O)CC[C@@H]2C=C[C@@H](O)C(C)CCCc2ccccc2)s1. The summed E-state index contributed by atoms with van der Waals surface area (Å²) in [7, 11) is 1.39. The Morgan fingerprint density at radius 2 is 2.00 bits per heavy atom. The number of ether oxygens (including phenoxy) is 1. The maximum absolute atomic E-state index is 12.4. The van der Waals surface area contributed by atoms with E-state index in [1.165, 1.54) is 24.0 Å². The van der Waals surface area contributed by atoms with Crippen molar-refractivity contribution in [3.63, 3.8) is 0 Å². The number of methoxy groups -OCH3 is 1. The maximum Gasteiger partial charge on any atom is 0.348 e. The van der Waals surface area contributed by atoms with Crippen LogP contribution in [0.4, 0.5) is 0 Å². The first kappa shape index (κ1) is 25.2. The van der Waals surface area contributed by atoms with Gasteiger partial charge in [0.15, 0.2) is 0 Å². The molecule has 0 spiro atoms. The molecule has 0 radical (unpaired) electrons. The number of thiophene rings is 1. The fourth-order valence-corrected chi connectivity index (χ4v) is 5.24. The zero-order chi connectivity index (χ0) is 23.6. The molecular weight excluding hydrogens is 434 g/mol. The van der Waals surface area contributed by atoms with Crippen molar-refractivity contribution in [3.8, 4) is 0 Å². The fourth-order valence-electron chi connectivity index (χ4n) is 4.27.